The Morgan fingerprint density at radius 3 is 2.65 bits per heavy atom. The number of benzene rings is 2. The SMILES string of the molecule is Cc1cccc(NC(=O)[C@H](C)OC(=O)c2cc(Cl)ccc2O)c1. The number of aryl methyl sites for hydroxylation is 1. The Balaban J connectivity index is 2.03. The van der Waals surface area contributed by atoms with Gasteiger partial charge in [0.05, 0.1) is 0 Å². The summed E-state index contributed by atoms with van der Waals surface area (Å²) in [7, 11) is 0. The zero-order valence-electron chi connectivity index (χ0n) is 12.7. The number of halogens is 1. The van der Waals surface area contributed by atoms with E-state index in [1.165, 1.54) is 25.1 Å². The molecule has 6 heteroatoms. The molecule has 0 aliphatic heterocycles. The molecule has 0 saturated heterocycles. The Labute approximate surface area is 138 Å². The average Bonchev–Trinajstić information content (AvgIpc) is 2.49. The second-order valence-corrected chi connectivity index (χ2v) is 5.50. The van der Waals surface area contributed by atoms with Gasteiger partial charge in [0.1, 0.15) is 11.3 Å². The molecule has 0 unspecified atom stereocenters. The lowest BCUT2D eigenvalue weighted by atomic mass is 10.2. The second kappa shape index (κ2) is 7.15. The summed E-state index contributed by atoms with van der Waals surface area (Å²) >= 11 is 5.78. The molecule has 0 spiro atoms. The summed E-state index contributed by atoms with van der Waals surface area (Å²) in [6, 6.07) is 11.3. The Hall–Kier alpha value is -2.53. The molecule has 0 bridgehead atoms. The van der Waals surface area contributed by atoms with Crippen molar-refractivity contribution in [2.24, 2.45) is 0 Å². The van der Waals surface area contributed by atoms with Crippen LogP contribution >= 0.6 is 11.6 Å². The van der Waals surface area contributed by atoms with E-state index >= 15 is 0 Å². The van der Waals surface area contributed by atoms with Crippen molar-refractivity contribution >= 4 is 29.2 Å². The predicted octanol–water partition coefficient (Wildman–Crippen LogP) is 3.54. The van der Waals surface area contributed by atoms with Crippen molar-refractivity contribution in [3.05, 3.63) is 58.6 Å². The van der Waals surface area contributed by atoms with Gasteiger partial charge in [0.2, 0.25) is 0 Å². The number of esters is 1. The number of carbonyl (C=O) groups excluding carboxylic acids is 2. The molecule has 0 aromatic heterocycles. The summed E-state index contributed by atoms with van der Waals surface area (Å²) in [6.45, 7) is 3.35. The topological polar surface area (TPSA) is 75.6 Å². The molecular weight excluding hydrogens is 318 g/mol. The van der Waals surface area contributed by atoms with Crippen molar-refractivity contribution < 1.29 is 19.4 Å². The Kier molecular flexibility index (Phi) is 5.24. The molecule has 0 aliphatic rings. The highest BCUT2D eigenvalue weighted by Crippen LogP contribution is 2.22. The molecule has 2 N–H and O–H groups in total. The number of phenolic OH excluding ortho intramolecular Hbond substituents is 1. The molecule has 2 aromatic carbocycles. The van der Waals surface area contributed by atoms with Crippen LogP contribution in [0.25, 0.3) is 0 Å². The van der Waals surface area contributed by atoms with E-state index in [-0.39, 0.29) is 16.3 Å². The van der Waals surface area contributed by atoms with Gasteiger partial charge in [-0.1, -0.05) is 23.7 Å². The monoisotopic (exact) mass is 333 g/mol. The van der Waals surface area contributed by atoms with Crippen LogP contribution in [0.4, 0.5) is 5.69 Å². The van der Waals surface area contributed by atoms with Crippen LogP contribution in [-0.4, -0.2) is 23.1 Å². The number of carbonyl (C=O) groups is 2. The smallest absolute Gasteiger partial charge is 0.342 e. The van der Waals surface area contributed by atoms with Gasteiger partial charge in [0, 0.05) is 10.7 Å². The summed E-state index contributed by atoms with van der Waals surface area (Å²) in [5.74, 6) is -1.55. The number of phenols is 1. The highest BCUT2D eigenvalue weighted by Gasteiger charge is 2.21. The summed E-state index contributed by atoms with van der Waals surface area (Å²) in [5.41, 5.74) is 1.52. The number of amides is 1. The first-order chi connectivity index (χ1) is 10.9. The third-order valence-electron chi connectivity index (χ3n) is 3.12. The van der Waals surface area contributed by atoms with E-state index in [1.54, 1.807) is 12.1 Å². The fourth-order valence-electron chi connectivity index (χ4n) is 1.92. The number of ether oxygens (including phenoxy) is 1. The summed E-state index contributed by atoms with van der Waals surface area (Å²) < 4.78 is 5.07. The van der Waals surface area contributed by atoms with E-state index in [0.29, 0.717) is 5.69 Å². The molecule has 0 radical (unpaired) electrons. The van der Waals surface area contributed by atoms with E-state index in [0.717, 1.165) is 5.56 Å². The normalized spacial score (nSPS) is 11.6. The zero-order valence-corrected chi connectivity index (χ0v) is 13.4. The molecule has 0 saturated carbocycles. The minimum Gasteiger partial charge on any atom is -0.507 e. The first kappa shape index (κ1) is 16.8. The molecule has 5 nitrogen and oxygen atoms in total. The van der Waals surface area contributed by atoms with E-state index in [9.17, 15) is 14.7 Å². The number of anilines is 1. The number of hydrogen-bond acceptors (Lipinski definition) is 4. The van der Waals surface area contributed by atoms with Gasteiger partial charge in [-0.2, -0.15) is 0 Å². The predicted molar refractivity (Wildman–Crippen MR) is 87.8 cm³/mol. The van der Waals surface area contributed by atoms with E-state index < -0.39 is 18.0 Å². The molecule has 23 heavy (non-hydrogen) atoms. The van der Waals surface area contributed by atoms with Crippen LogP contribution in [0, 0.1) is 6.92 Å². The van der Waals surface area contributed by atoms with Crippen molar-refractivity contribution in [1.29, 1.82) is 0 Å². The molecular formula is C17H16ClNO4. The lowest BCUT2D eigenvalue weighted by molar-refractivity contribution is -0.123. The Bertz CT molecular complexity index is 745. The maximum absolute atomic E-state index is 12.1. The quantitative estimate of drug-likeness (QED) is 0.839. The van der Waals surface area contributed by atoms with Crippen molar-refractivity contribution in [3.63, 3.8) is 0 Å². The summed E-state index contributed by atoms with van der Waals surface area (Å²) in [6.07, 6.45) is -1.03. The van der Waals surface area contributed by atoms with Gasteiger partial charge in [0.25, 0.3) is 5.91 Å². The van der Waals surface area contributed by atoms with Crippen LogP contribution in [-0.2, 0) is 9.53 Å². The second-order valence-electron chi connectivity index (χ2n) is 5.07. The minimum atomic E-state index is -1.03. The molecule has 1 atom stereocenters. The fourth-order valence-corrected chi connectivity index (χ4v) is 2.09. The Morgan fingerprint density at radius 2 is 1.96 bits per heavy atom. The number of aromatic hydroxyl groups is 1. The van der Waals surface area contributed by atoms with Gasteiger partial charge < -0.3 is 15.2 Å². The highest BCUT2D eigenvalue weighted by molar-refractivity contribution is 6.31. The van der Waals surface area contributed by atoms with Gasteiger partial charge >= 0.3 is 5.97 Å². The number of rotatable bonds is 4. The Morgan fingerprint density at radius 1 is 1.22 bits per heavy atom. The van der Waals surface area contributed by atoms with Crippen molar-refractivity contribution in [2.45, 2.75) is 20.0 Å². The molecule has 0 heterocycles. The van der Waals surface area contributed by atoms with Gasteiger partial charge in [-0.25, -0.2) is 4.79 Å². The first-order valence-corrected chi connectivity index (χ1v) is 7.31. The van der Waals surface area contributed by atoms with Crippen molar-refractivity contribution in [3.8, 4) is 5.75 Å². The van der Waals surface area contributed by atoms with Gasteiger partial charge in [-0.15, -0.1) is 0 Å². The highest BCUT2D eigenvalue weighted by atomic mass is 35.5. The van der Waals surface area contributed by atoms with Crippen LogP contribution in [0.5, 0.6) is 5.75 Å². The van der Waals surface area contributed by atoms with Crippen LogP contribution in [0.3, 0.4) is 0 Å². The van der Waals surface area contributed by atoms with Crippen LogP contribution in [0.15, 0.2) is 42.5 Å². The third-order valence-corrected chi connectivity index (χ3v) is 3.35. The molecule has 0 fully saturated rings. The maximum Gasteiger partial charge on any atom is 0.342 e. The maximum atomic E-state index is 12.1. The zero-order chi connectivity index (χ0) is 17.0. The van der Waals surface area contributed by atoms with Crippen LogP contribution < -0.4 is 5.32 Å². The first-order valence-electron chi connectivity index (χ1n) is 6.94. The number of hydrogen-bond donors (Lipinski definition) is 2. The fraction of sp³-hybridized carbons (Fsp3) is 0.176. The van der Waals surface area contributed by atoms with Gasteiger partial charge in [-0.05, 0) is 49.7 Å². The van der Waals surface area contributed by atoms with E-state index in [2.05, 4.69) is 5.32 Å². The summed E-state index contributed by atoms with van der Waals surface area (Å²) in [5, 5.41) is 12.6. The standard InChI is InChI=1S/C17H16ClNO4/c1-10-4-3-5-13(8-10)19-16(21)11(2)23-17(22)14-9-12(18)6-7-15(14)20/h3-9,11,20H,1-2H3,(H,19,21)/t11-/m0/s1. The molecule has 2 aromatic rings. The minimum absolute atomic E-state index is 0.0901. The summed E-state index contributed by atoms with van der Waals surface area (Å²) in [4.78, 5) is 24.1. The third kappa shape index (κ3) is 4.47. The van der Waals surface area contributed by atoms with Gasteiger partial charge in [0.15, 0.2) is 6.10 Å². The van der Waals surface area contributed by atoms with Crippen LogP contribution in [0.1, 0.15) is 22.8 Å². The molecule has 120 valence electrons. The van der Waals surface area contributed by atoms with Crippen LogP contribution in [0.2, 0.25) is 5.02 Å². The molecule has 2 rings (SSSR count). The van der Waals surface area contributed by atoms with E-state index in [4.69, 9.17) is 16.3 Å². The molecule has 0 aliphatic carbocycles. The lowest BCUT2D eigenvalue weighted by Gasteiger charge is -2.14. The number of nitrogens with one attached hydrogen (secondary N) is 1. The van der Waals surface area contributed by atoms with Gasteiger partial charge in [-0.3, -0.25) is 4.79 Å². The largest absolute Gasteiger partial charge is 0.507 e. The average molecular weight is 334 g/mol. The van der Waals surface area contributed by atoms with Crippen molar-refractivity contribution in [1.82, 2.24) is 0 Å². The molecule has 1 amide bonds. The lowest BCUT2D eigenvalue weighted by Crippen LogP contribution is -2.30. The van der Waals surface area contributed by atoms with Crippen molar-refractivity contribution in [2.75, 3.05) is 5.32 Å². The van der Waals surface area contributed by atoms with E-state index in [1.807, 2.05) is 19.1 Å².